The number of rotatable bonds is 1. The maximum absolute atomic E-state index is 4.45. The molecule has 4 aromatic heterocycles. The van der Waals surface area contributed by atoms with E-state index in [9.17, 15) is 0 Å². The molecular formula is C27H26N3+. The van der Waals surface area contributed by atoms with Gasteiger partial charge >= 0.3 is 0 Å². The zero-order valence-corrected chi connectivity index (χ0v) is 18.2. The summed E-state index contributed by atoms with van der Waals surface area (Å²) in [5.74, 6) is 0. The molecule has 148 valence electrons. The molecule has 0 amide bonds. The Morgan fingerprint density at radius 2 is 1.80 bits per heavy atom. The van der Waals surface area contributed by atoms with Gasteiger partial charge in [-0.05, 0) is 47.4 Å². The summed E-state index contributed by atoms with van der Waals surface area (Å²) < 4.78 is 4.77. The van der Waals surface area contributed by atoms with Gasteiger partial charge in [0.05, 0.1) is 27.3 Å². The number of pyridine rings is 3. The second kappa shape index (κ2) is 5.69. The highest BCUT2D eigenvalue weighted by Crippen LogP contribution is 2.41. The quantitative estimate of drug-likeness (QED) is 0.188. The van der Waals surface area contributed by atoms with Crippen molar-refractivity contribution >= 4 is 49.0 Å². The summed E-state index contributed by atoms with van der Waals surface area (Å²) in [4.78, 5) is 4.45. The Morgan fingerprint density at radius 3 is 2.60 bits per heavy atom. The highest BCUT2D eigenvalue weighted by atomic mass is 15.0. The molecular weight excluding hydrogens is 366 g/mol. The van der Waals surface area contributed by atoms with Gasteiger partial charge in [-0.25, -0.2) is 4.57 Å². The first-order valence-electron chi connectivity index (χ1n) is 10.7. The van der Waals surface area contributed by atoms with Gasteiger partial charge in [-0.2, -0.15) is 0 Å². The molecule has 0 aliphatic carbocycles. The van der Waals surface area contributed by atoms with Crippen molar-refractivity contribution in [1.82, 2.24) is 9.38 Å². The fourth-order valence-corrected chi connectivity index (χ4v) is 5.33. The van der Waals surface area contributed by atoms with Gasteiger partial charge in [0.15, 0.2) is 6.20 Å². The molecule has 3 heteroatoms. The molecule has 0 spiro atoms. The standard InChI is InChI=1S/C27H26N3/c1-16-6-7-19-20-15-28-10-8-21(20)30-22-13-17(14-27(2,3)4)12-18-9-11-29(5)26(24(18)22)23(16)25(19)30/h6-13,15H,14H2,1-5H3/q+1. The molecule has 0 saturated heterocycles. The van der Waals surface area contributed by atoms with Crippen LogP contribution in [0.1, 0.15) is 31.9 Å². The van der Waals surface area contributed by atoms with Crippen LogP contribution in [0.25, 0.3) is 49.0 Å². The van der Waals surface area contributed by atoms with Crippen LogP contribution in [0.2, 0.25) is 0 Å². The minimum absolute atomic E-state index is 0.240. The van der Waals surface area contributed by atoms with Crippen LogP contribution in [0.5, 0.6) is 0 Å². The number of fused-ring (bicyclic) bond motifs is 5. The largest absolute Gasteiger partial charge is 0.307 e. The molecule has 0 N–H and O–H groups in total. The zero-order valence-electron chi connectivity index (χ0n) is 18.2. The van der Waals surface area contributed by atoms with Gasteiger partial charge in [-0.15, -0.1) is 0 Å². The predicted molar refractivity (Wildman–Crippen MR) is 125 cm³/mol. The van der Waals surface area contributed by atoms with Gasteiger partial charge in [0.1, 0.15) is 7.05 Å². The van der Waals surface area contributed by atoms with Crippen molar-refractivity contribution < 1.29 is 4.57 Å². The van der Waals surface area contributed by atoms with E-state index in [1.807, 2.05) is 12.4 Å². The SMILES string of the molecule is Cc1ccc2c3cnccc3n3c4cc(CC(C)(C)C)cc5cc[n+](C)c(c1c23)c54. The molecule has 4 heterocycles. The van der Waals surface area contributed by atoms with E-state index in [-0.39, 0.29) is 5.41 Å². The monoisotopic (exact) mass is 392 g/mol. The minimum atomic E-state index is 0.240. The maximum Gasteiger partial charge on any atom is 0.224 e. The molecule has 0 radical (unpaired) electrons. The van der Waals surface area contributed by atoms with Crippen LogP contribution < -0.4 is 4.57 Å². The van der Waals surface area contributed by atoms with Crippen molar-refractivity contribution in [3.05, 3.63) is 66.1 Å². The van der Waals surface area contributed by atoms with E-state index in [0.717, 1.165) is 6.42 Å². The Bertz CT molecular complexity index is 1610. The number of aromatic nitrogens is 3. The molecule has 2 aromatic carbocycles. The average Bonchev–Trinajstić information content (AvgIpc) is 3.02. The molecule has 0 aliphatic heterocycles. The van der Waals surface area contributed by atoms with Crippen molar-refractivity contribution in [2.45, 2.75) is 34.1 Å². The summed E-state index contributed by atoms with van der Waals surface area (Å²) in [7, 11) is 2.17. The van der Waals surface area contributed by atoms with Crippen molar-refractivity contribution in [1.29, 1.82) is 0 Å². The summed E-state index contributed by atoms with van der Waals surface area (Å²) in [5.41, 5.74) is 8.10. The highest BCUT2D eigenvalue weighted by molar-refractivity contribution is 6.25. The van der Waals surface area contributed by atoms with Crippen LogP contribution in [0.15, 0.2) is 55.0 Å². The zero-order chi connectivity index (χ0) is 20.8. The minimum Gasteiger partial charge on any atom is -0.307 e. The number of hydrogen-bond donors (Lipinski definition) is 0. The molecule has 0 saturated carbocycles. The van der Waals surface area contributed by atoms with Gasteiger partial charge < -0.3 is 4.40 Å². The average molecular weight is 393 g/mol. The lowest BCUT2D eigenvalue weighted by Crippen LogP contribution is -2.29. The van der Waals surface area contributed by atoms with Crippen molar-refractivity contribution in [3.8, 4) is 0 Å². The van der Waals surface area contributed by atoms with E-state index in [2.05, 4.69) is 91.3 Å². The topological polar surface area (TPSA) is 21.2 Å². The van der Waals surface area contributed by atoms with E-state index in [1.165, 1.54) is 60.1 Å². The predicted octanol–water partition coefficient (Wildman–Crippen LogP) is 6.11. The summed E-state index contributed by atoms with van der Waals surface area (Å²) in [6.07, 6.45) is 7.19. The summed E-state index contributed by atoms with van der Waals surface area (Å²) in [5, 5.41) is 6.50. The van der Waals surface area contributed by atoms with Crippen LogP contribution in [0, 0.1) is 12.3 Å². The number of nitrogens with zero attached hydrogens (tertiary/aromatic N) is 3. The smallest absolute Gasteiger partial charge is 0.224 e. The molecule has 0 aliphatic rings. The second-order valence-electron chi connectivity index (χ2n) is 9.97. The lowest BCUT2D eigenvalue weighted by Gasteiger charge is -2.20. The Kier molecular flexibility index (Phi) is 3.35. The first-order chi connectivity index (χ1) is 14.3. The lowest BCUT2D eigenvalue weighted by atomic mass is 9.87. The molecule has 6 rings (SSSR count). The van der Waals surface area contributed by atoms with Crippen LogP contribution in [-0.4, -0.2) is 9.38 Å². The Hall–Kier alpha value is -3.20. The Labute approximate surface area is 175 Å². The van der Waals surface area contributed by atoms with Gasteiger partial charge in [-0.3, -0.25) is 4.98 Å². The summed E-state index contributed by atoms with van der Waals surface area (Å²) in [6.45, 7) is 9.17. The van der Waals surface area contributed by atoms with Crippen LogP contribution >= 0.6 is 0 Å². The Balaban J connectivity index is 1.98. The summed E-state index contributed by atoms with van der Waals surface area (Å²) in [6, 6.07) is 13.8. The Morgan fingerprint density at radius 1 is 0.967 bits per heavy atom. The summed E-state index contributed by atoms with van der Waals surface area (Å²) >= 11 is 0. The first-order valence-corrected chi connectivity index (χ1v) is 10.7. The molecule has 3 nitrogen and oxygen atoms in total. The van der Waals surface area contributed by atoms with E-state index in [4.69, 9.17) is 0 Å². The van der Waals surface area contributed by atoms with E-state index in [0.29, 0.717) is 0 Å². The van der Waals surface area contributed by atoms with E-state index in [1.54, 1.807) is 0 Å². The number of hydrogen-bond acceptors (Lipinski definition) is 1. The van der Waals surface area contributed by atoms with Gasteiger partial charge in [0.25, 0.3) is 0 Å². The molecule has 0 bridgehead atoms. The fraction of sp³-hybridized carbons (Fsp3) is 0.259. The van der Waals surface area contributed by atoms with Crippen molar-refractivity contribution in [2.24, 2.45) is 12.5 Å². The first kappa shape index (κ1) is 17.6. The molecule has 6 aromatic rings. The maximum atomic E-state index is 4.45. The van der Waals surface area contributed by atoms with Crippen molar-refractivity contribution in [2.75, 3.05) is 0 Å². The molecule has 0 atom stereocenters. The van der Waals surface area contributed by atoms with Gasteiger partial charge in [-0.1, -0.05) is 39.0 Å². The third-order valence-electron chi connectivity index (χ3n) is 6.43. The normalized spacial score (nSPS) is 13.0. The van der Waals surface area contributed by atoms with Crippen LogP contribution in [0.4, 0.5) is 0 Å². The molecule has 30 heavy (non-hydrogen) atoms. The van der Waals surface area contributed by atoms with Gasteiger partial charge in [0.2, 0.25) is 5.52 Å². The van der Waals surface area contributed by atoms with Crippen molar-refractivity contribution in [3.63, 3.8) is 0 Å². The van der Waals surface area contributed by atoms with Crippen LogP contribution in [-0.2, 0) is 13.5 Å². The number of benzene rings is 2. The van der Waals surface area contributed by atoms with E-state index < -0.39 is 0 Å². The fourth-order valence-electron chi connectivity index (χ4n) is 5.33. The van der Waals surface area contributed by atoms with E-state index >= 15 is 0 Å². The van der Waals surface area contributed by atoms with Gasteiger partial charge in [0, 0.05) is 29.2 Å². The molecule has 0 fully saturated rings. The highest BCUT2D eigenvalue weighted by Gasteiger charge is 2.24. The molecule has 0 unspecified atom stereocenters. The third-order valence-corrected chi connectivity index (χ3v) is 6.43. The van der Waals surface area contributed by atoms with Crippen LogP contribution in [0.3, 0.4) is 0 Å². The third kappa shape index (κ3) is 2.26. The second-order valence-corrected chi connectivity index (χ2v) is 9.97. The lowest BCUT2D eigenvalue weighted by molar-refractivity contribution is -0.643. The number of aryl methyl sites for hydroxylation is 2.